The third kappa shape index (κ3) is 3.54. The molecule has 0 fully saturated rings. The fraction of sp³-hybridized carbons (Fsp3) is 0.211. The van der Waals surface area contributed by atoms with Crippen LogP contribution in [-0.2, 0) is 11.2 Å². The van der Waals surface area contributed by atoms with Crippen LogP contribution in [-0.4, -0.2) is 13.0 Å². The lowest BCUT2D eigenvalue weighted by Crippen LogP contribution is -2.28. The van der Waals surface area contributed by atoms with Crippen LogP contribution in [0.4, 0.5) is 0 Å². The first-order chi connectivity index (χ1) is 11.6. The van der Waals surface area contributed by atoms with Crippen LogP contribution < -0.4 is 10.1 Å². The molecule has 0 spiro atoms. The molecule has 0 aliphatic carbocycles. The number of benzene rings is 2. The van der Waals surface area contributed by atoms with Crippen molar-refractivity contribution >= 4 is 28.5 Å². The third-order valence-corrected chi connectivity index (χ3v) is 4.08. The summed E-state index contributed by atoms with van der Waals surface area (Å²) in [7, 11) is 1.57. The quantitative estimate of drug-likeness (QED) is 0.741. The summed E-state index contributed by atoms with van der Waals surface area (Å²) >= 11 is 6.00. The first-order valence-electron chi connectivity index (χ1n) is 7.67. The van der Waals surface area contributed by atoms with Gasteiger partial charge in [0.15, 0.2) is 0 Å². The van der Waals surface area contributed by atoms with E-state index in [4.69, 9.17) is 20.8 Å². The standard InChI is InChI=1S/C19H18ClNO3/c1-12(18-10-13-5-3-4-6-17(13)24-18)21-19(22)11-14-9-15(20)7-8-16(14)23-2/h3-10,12H,11H2,1-2H3,(H,21,22)/t12-/m1/s1. The molecule has 1 amide bonds. The highest BCUT2D eigenvalue weighted by Crippen LogP contribution is 2.25. The van der Waals surface area contributed by atoms with Gasteiger partial charge in [0.25, 0.3) is 0 Å². The number of methoxy groups -OCH3 is 1. The van der Waals surface area contributed by atoms with Gasteiger partial charge in [-0.15, -0.1) is 0 Å². The molecule has 124 valence electrons. The van der Waals surface area contributed by atoms with Crippen molar-refractivity contribution in [1.82, 2.24) is 5.32 Å². The molecule has 2 aromatic carbocycles. The molecule has 0 aliphatic rings. The SMILES string of the molecule is COc1ccc(Cl)cc1CC(=O)N[C@H](C)c1cc2ccccc2o1. The summed E-state index contributed by atoms with van der Waals surface area (Å²) in [4.78, 5) is 12.3. The van der Waals surface area contributed by atoms with Crippen LogP contribution in [0.5, 0.6) is 5.75 Å². The van der Waals surface area contributed by atoms with Crippen LogP contribution >= 0.6 is 11.6 Å². The molecular weight excluding hydrogens is 326 g/mol. The topological polar surface area (TPSA) is 51.5 Å². The predicted molar refractivity (Wildman–Crippen MR) is 94.5 cm³/mol. The molecule has 0 aliphatic heterocycles. The number of para-hydroxylation sites is 1. The summed E-state index contributed by atoms with van der Waals surface area (Å²) in [6, 6.07) is 14.7. The Balaban J connectivity index is 1.71. The van der Waals surface area contributed by atoms with E-state index in [0.717, 1.165) is 22.3 Å². The summed E-state index contributed by atoms with van der Waals surface area (Å²) in [5.74, 6) is 1.25. The van der Waals surface area contributed by atoms with Crippen molar-refractivity contribution in [3.8, 4) is 5.75 Å². The molecule has 1 aromatic heterocycles. The van der Waals surface area contributed by atoms with Crippen LogP contribution in [0.15, 0.2) is 52.9 Å². The van der Waals surface area contributed by atoms with Crippen molar-refractivity contribution < 1.29 is 13.9 Å². The lowest BCUT2D eigenvalue weighted by molar-refractivity contribution is -0.121. The van der Waals surface area contributed by atoms with E-state index in [0.29, 0.717) is 10.8 Å². The highest BCUT2D eigenvalue weighted by atomic mass is 35.5. The first kappa shape index (κ1) is 16.4. The van der Waals surface area contributed by atoms with E-state index in [1.165, 1.54) is 0 Å². The van der Waals surface area contributed by atoms with Crippen LogP contribution in [0.25, 0.3) is 11.0 Å². The molecule has 3 rings (SSSR count). The fourth-order valence-corrected chi connectivity index (χ4v) is 2.83. The molecule has 0 radical (unpaired) electrons. The number of carbonyl (C=O) groups is 1. The molecule has 0 saturated heterocycles. The van der Waals surface area contributed by atoms with Gasteiger partial charge in [-0.05, 0) is 37.3 Å². The lowest BCUT2D eigenvalue weighted by atomic mass is 10.1. The maximum absolute atomic E-state index is 12.3. The number of ether oxygens (including phenoxy) is 1. The summed E-state index contributed by atoms with van der Waals surface area (Å²) in [6.07, 6.45) is 0.189. The second-order valence-corrected chi connectivity index (χ2v) is 6.05. The number of furan rings is 1. The Hall–Kier alpha value is -2.46. The maximum atomic E-state index is 12.3. The van der Waals surface area contributed by atoms with Gasteiger partial charge in [0, 0.05) is 16.0 Å². The zero-order valence-corrected chi connectivity index (χ0v) is 14.3. The maximum Gasteiger partial charge on any atom is 0.225 e. The molecule has 0 bridgehead atoms. The molecule has 1 N–H and O–H groups in total. The summed E-state index contributed by atoms with van der Waals surface area (Å²) < 4.78 is 11.1. The smallest absolute Gasteiger partial charge is 0.225 e. The van der Waals surface area contributed by atoms with Crippen molar-refractivity contribution in [2.75, 3.05) is 7.11 Å². The number of amides is 1. The highest BCUT2D eigenvalue weighted by molar-refractivity contribution is 6.30. The molecule has 5 heteroatoms. The van der Waals surface area contributed by atoms with Crippen molar-refractivity contribution in [2.45, 2.75) is 19.4 Å². The minimum absolute atomic E-state index is 0.122. The van der Waals surface area contributed by atoms with Gasteiger partial charge in [0.1, 0.15) is 17.1 Å². The van der Waals surface area contributed by atoms with Gasteiger partial charge < -0.3 is 14.5 Å². The average molecular weight is 344 g/mol. The van der Waals surface area contributed by atoms with Gasteiger partial charge in [0.2, 0.25) is 5.91 Å². The molecule has 24 heavy (non-hydrogen) atoms. The number of carbonyl (C=O) groups excluding carboxylic acids is 1. The van der Waals surface area contributed by atoms with Gasteiger partial charge in [-0.2, -0.15) is 0 Å². The predicted octanol–water partition coefficient (Wildman–Crippen LogP) is 4.51. The summed E-state index contributed by atoms with van der Waals surface area (Å²) in [5.41, 5.74) is 1.56. The number of nitrogens with one attached hydrogen (secondary N) is 1. The van der Waals surface area contributed by atoms with E-state index >= 15 is 0 Å². The van der Waals surface area contributed by atoms with Gasteiger partial charge in [-0.3, -0.25) is 4.79 Å². The van der Waals surface area contributed by atoms with Crippen LogP contribution in [0.1, 0.15) is 24.3 Å². The zero-order chi connectivity index (χ0) is 17.1. The Labute approximate surface area is 145 Å². The van der Waals surface area contributed by atoms with E-state index in [2.05, 4.69) is 5.32 Å². The number of rotatable bonds is 5. The Morgan fingerprint density at radius 3 is 2.79 bits per heavy atom. The number of fused-ring (bicyclic) bond motifs is 1. The largest absolute Gasteiger partial charge is 0.496 e. The van der Waals surface area contributed by atoms with Crippen LogP contribution in [0.2, 0.25) is 5.02 Å². The number of halogens is 1. The Morgan fingerprint density at radius 1 is 1.25 bits per heavy atom. The molecule has 3 aromatic rings. The van der Waals surface area contributed by atoms with E-state index in [9.17, 15) is 4.79 Å². The van der Waals surface area contributed by atoms with Gasteiger partial charge >= 0.3 is 0 Å². The zero-order valence-electron chi connectivity index (χ0n) is 13.5. The van der Waals surface area contributed by atoms with Crippen LogP contribution in [0.3, 0.4) is 0 Å². The molecule has 0 unspecified atom stereocenters. The highest BCUT2D eigenvalue weighted by Gasteiger charge is 2.16. The third-order valence-electron chi connectivity index (χ3n) is 3.84. The van der Waals surface area contributed by atoms with Crippen LogP contribution in [0, 0.1) is 0 Å². The minimum atomic E-state index is -0.227. The van der Waals surface area contributed by atoms with Crippen molar-refractivity contribution in [2.24, 2.45) is 0 Å². The fourth-order valence-electron chi connectivity index (χ4n) is 2.64. The normalized spacial score (nSPS) is 12.1. The number of hydrogen-bond acceptors (Lipinski definition) is 3. The van der Waals surface area contributed by atoms with E-state index in [1.54, 1.807) is 25.3 Å². The minimum Gasteiger partial charge on any atom is -0.496 e. The molecule has 4 nitrogen and oxygen atoms in total. The monoisotopic (exact) mass is 343 g/mol. The molecule has 0 saturated carbocycles. The van der Waals surface area contributed by atoms with Crippen molar-refractivity contribution in [1.29, 1.82) is 0 Å². The van der Waals surface area contributed by atoms with Gasteiger partial charge in [-0.25, -0.2) is 0 Å². The van der Waals surface area contributed by atoms with Gasteiger partial charge in [-0.1, -0.05) is 29.8 Å². The first-order valence-corrected chi connectivity index (χ1v) is 8.05. The second kappa shape index (κ2) is 6.97. The Bertz CT molecular complexity index is 839. The van der Waals surface area contributed by atoms with E-state index < -0.39 is 0 Å². The Kier molecular flexibility index (Phi) is 4.76. The summed E-state index contributed by atoms with van der Waals surface area (Å²) in [6.45, 7) is 1.89. The van der Waals surface area contributed by atoms with Gasteiger partial charge in [0.05, 0.1) is 19.6 Å². The molecular formula is C19H18ClNO3. The second-order valence-electron chi connectivity index (χ2n) is 5.61. The average Bonchev–Trinajstić information content (AvgIpc) is 2.99. The Morgan fingerprint density at radius 2 is 2.04 bits per heavy atom. The van der Waals surface area contributed by atoms with E-state index in [-0.39, 0.29) is 18.4 Å². The van der Waals surface area contributed by atoms with Crippen molar-refractivity contribution in [3.63, 3.8) is 0 Å². The lowest BCUT2D eigenvalue weighted by Gasteiger charge is -2.13. The van der Waals surface area contributed by atoms with Crippen molar-refractivity contribution in [3.05, 3.63) is 64.9 Å². The molecule has 1 heterocycles. The number of hydrogen-bond donors (Lipinski definition) is 1. The van der Waals surface area contributed by atoms with E-state index in [1.807, 2.05) is 37.3 Å². The summed E-state index contributed by atoms with van der Waals surface area (Å²) in [5, 5.41) is 4.54. The molecule has 1 atom stereocenters.